The number of amides is 3. The summed E-state index contributed by atoms with van der Waals surface area (Å²) in [7, 11) is 1.98. The predicted octanol–water partition coefficient (Wildman–Crippen LogP) is 5.21. The van der Waals surface area contributed by atoms with Crippen molar-refractivity contribution in [3.05, 3.63) is 51.7 Å². The molecule has 6 atom stereocenters. The quantitative estimate of drug-likeness (QED) is 0.120. The first-order chi connectivity index (χ1) is 25.5. The highest BCUT2D eigenvalue weighted by atomic mass is 32.1. The molecule has 15 heteroatoms. The van der Waals surface area contributed by atoms with Gasteiger partial charge >= 0.3 is 0 Å². The Kier molecular flexibility index (Phi) is 16.2. The van der Waals surface area contributed by atoms with Crippen LogP contribution in [0.3, 0.4) is 0 Å². The number of carbonyl (C=O) groups is 3. The maximum atomic E-state index is 14.6. The van der Waals surface area contributed by atoms with Crippen LogP contribution >= 0.6 is 11.3 Å². The van der Waals surface area contributed by atoms with Crippen molar-refractivity contribution in [3.8, 4) is 5.75 Å². The fourth-order valence-corrected chi connectivity index (χ4v) is 7.70. The number of likely N-dealkylation sites (N-methyl/N-ethyl adjacent to an activating group) is 1. The number of aromatic nitrogens is 5. The maximum Gasteiger partial charge on any atom is 0.271 e. The van der Waals surface area contributed by atoms with Gasteiger partial charge in [-0.1, -0.05) is 71.7 Å². The van der Waals surface area contributed by atoms with Crippen molar-refractivity contribution in [2.45, 2.75) is 123 Å². The van der Waals surface area contributed by atoms with Crippen LogP contribution in [-0.2, 0) is 20.7 Å². The molecule has 1 fully saturated rings. The molecule has 4 N–H and O–H groups in total. The molecule has 4 rings (SSSR count). The van der Waals surface area contributed by atoms with Gasteiger partial charge in [-0.05, 0) is 68.8 Å². The zero-order valence-electron chi connectivity index (χ0n) is 32.4. The summed E-state index contributed by atoms with van der Waals surface area (Å²) < 4.78 is 6.42. The number of phenolic OH excluding ortho intramolecular Hbond substituents is 1. The second kappa shape index (κ2) is 20.5. The summed E-state index contributed by atoms with van der Waals surface area (Å²) in [5.74, 6) is -0.0414. The standard InChI is InChI=1S/C38H59N9O5S/c1-8-18-47(38(51)33(25(6)10-3)41-36(50)30-13-11-12-19-46(30)7)31(24(4)5)22-32(52-20-9-2)37-40-29(23-53-37)35(49)39-28(34-42-44-45-43-34)21-26-14-16-27(48)17-15-26/h14-17,23-25,28,30-33,48H,8-13,18-22H2,1-7H3,(H,39,49)(H,41,50)(H,42,43,44,45)/t25-,28-,30+,31+,32+,33-/m0/s1. The molecular formula is C38H59N9O5S. The largest absolute Gasteiger partial charge is 0.508 e. The zero-order chi connectivity index (χ0) is 38.5. The van der Waals surface area contributed by atoms with E-state index < -0.39 is 24.1 Å². The molecule has 3 aromatic rings. The number of carbonyl (C=O) groups excluding carboxylic acids is 3. The monoisotopic (exact) mass is 753 g/mol. The molecule has 3 amide bonds. The van der Waals surface area contributed by atoms with E-state index in [0.717, 1.165) is 50.6 Å². The van der Waals surface area contributed by atoms with Gasteiger partial charge in [0.2, 0.25) is 11.8 Å². The van der Waals surface area contributed by atoms with Gasteiger partial charge < -0.3 is 25.4 Å². The third kappa shape index (κ3) is 11.5. The fraction of sp³-hybridized carbons (Fsp3) is 0.658. The molecule has 1 saturated heterocycles. The van der Waals surface area contributed by atoms with E-state index in [9.17, 15) is 19.5 Å². The maximum absolute atomic E-state index is 14.6. The smallest absolute Gasteiger partial charge is 0.271 e. The fourth-order valence-electron chi connectivity index (χ4n) is 6.84. The second-order valence-electron chi connectivity index (χ2n) is 14.5. The Labute approximate surface area is 317 Å². The number of nitrogens with zero attached hydrogens (tertiary/aromatic N) is 6. The molecule has 2 aromatic heterocycles. The van der Waals surface area contributed by atoms with Crippen LogP contribution < -0.4 is 10.6 Å². The number of thiazole rings is 1. The topological polar surface area (TPSA) is 179 Å². The molecule has 1 aliphatic rings. The lowest BCUT2D eigenvalue weighted by atomic mass is 9.92. The Hall–Kier alpha value is -3.95. The van der Waals surface area contributed by atoms with Crippen LogP contribution in [0.5, 0.6) is 5.75 Å². The number of nitrogens with one attached hydrogen (secondary N) is 3. The molecular weight excluding hydrogens is 695 g/mol. The van der Waals surface area contributed by atoms with Gasteiger partial charge in [0.15, 0.2) is 5.82 Å². The van der Waals surface area contributed by atoms with Crippen molar-refractivity contribution in [1.29, 1.82) is 0 Å². The number of benzene rings is 1. The molecule has 3 heterocycles. The number of piperidine rings is 1. The SMILES string of the molecule is CCCO[C@H](C[C@H](C(C)C)N(CCC)C(=O)[C@@H](NC(=O)[C@H]1CCCCN1C)[C@@H](C)CC)c1nc(C(=O)N[C@@H](Cc2ccc(O)cc2)c2nn[nH]n2)cs1. The minimum atomic E-state index is -0.644. The molecule has 0 unspecified atom stereocenters. The molecule has 0 radical (unpaired) electrons. The zero-order valence-corrected chi connectivity index (χ0v) is 33.2. The average Bonchev–Trinajstić information content (AvgIpc) is 3.87. The van der Waals surface area contributed by atoms with E-state index in [-0.39, 0.29) is 47.2 Å². The first-order valence-corrected chi connectivity index (χ1v) is 20.0. The van der Waals surface area contributed by atoms with Crippen molar-refractivity contribution in [1.82, 2.24) is 46.0 Å². The first kappa shape index (κ1) is 41.8. The third-order valence-electron chi connectivity index (χ3n) is 10.1. The highest BCUT2D eigenvalue weighted by molar-refractivity contribution is 7.09. The van der Waals surface area contributed by atoms with Crippen molar-refractivity contribution < 1.29 is 24.2 Å². The van der Waals surface area contributed by atoms with Gasteiger partial charge in [-0.15, -0.1) is 21.5 Å². The Morgan fingerprint density at radius 1 is 1.09 bits per heavy atom. The number of rotatable bonds is 20. The molecule has 292 valence electrons. The third-order valence-corrected chi connectivity index (χ3v) is 11.1. The second-order valence-corrected chi connectivity index (χ2v) is 15.4. The highest BCUT2D eigenvalue weighted by Crippen LogP contribution is 2.32. The average molecular weight is 754 g/mol. The van der Waals surface area contributed by atoms with Crippen LogP contribution in [-0.4, -0.2) is 103 Å². The lowest BCUT2D eigenvalue weighted by Gasteiger charge is -2.40. The molecule has 0 spiro atoms. The number of hydrogen-bond donors (Lipinski definition) is 4. The van der Waals surface area contributed by atoms with E-state index in [1.807, 2.05) is 25.8 Å². The summed E-state index contributed by atoms with van der Waals surface area (Å²) in [5.41, 5.74) is 1.11. The summed E-state index contributed by atoms with van der Waals surface area (Å²) in [5, 5.41) is 32.6. The first-order valence-electron chi connectivity index (χ1n) is 19.2. The molecule has 1 aromatic carbocycles. The summed E-state index contributed by atoms with van der Waals surface area (Å²) in [4.78, 5) is 50.7. The van der Waals surface area contributed by atoms with E-state index in [4.69, 9.17) is 9.72 Å². The molecule has 0 bridgehead atoms. The molecule has 1 aliphatic heterocycles. The Morgan fingerprint density at radius 3 is 2.47 bits per heavy atom. The molecule has 0 saturated carbocycles. The normalized spacial score (nSPS) is 17.8. The van der Waals surface area contributed by atoms with Crippen molar-refractivity contribution in [3.63, 3.8) is 0 Å². The molecule has 0 aliphatic carbocycles. The number of likely N-dealkylation sites (tertiary alicyclic amines) is 1. The van der Waals surface area contributed by atoms with Crippen molar-refractivity contribution >= 4 is 29.1 Å². The van der Waals surface area contributed by atoms with Gasteiger partial charge in [0.1, 0.15) is 28.6 Å². The van der Waals surface area contributed by atoms with E-state index >= 15 is 0 Å². The van der Waals surface area contributed by atoms with Crippen molar-refractivity contribution in [2.24, 2.45) is 11.8 Å². The Balaban J connectivity index is 1.55. The van der Waals surface area contributed by atoms with Gasteiger partial charge in [-0.2, -0.15) is 5.21 Å². The van der Waals surface area contributed by atoms with Crippen LogP contribution in [0.2, 0.25) is 0 Å². The highest BCUT2D eigenvalue weighted by Gasteiger charge is 2.38. The van der Waals surface area contributed by atoms with E-state index in [1.165, 1.54) is 11.3 Å². The molecule has 53 heavy (non-hydrogen) atoms. The summed E-state index contributed by atoms with van der Waals surface area (Å²) in [6.45, 7) is 14.3. The van der Waals surface area contributed by atoms with Crippen LogP contribution in [0, 0.1) is 11.8 Å². The minimum Gasteiger partial charge on any atom is -0.508 e. The lowest BCUT2D eigenvalue weighted by molar-refractivity contribution is -0.143. The number of phenols is 1. The van der Waals surface area contributed by atoms with E-state index in [1.54, 1.807) is 29.6 Å². The Morgan fingerprint density at radius 2 is 1.85 bits per heavy atom. The van der Waals surface area contributed by atoms with E-state index in [2.05, 4.69) is 63.9 Å². The number of hydrogen-bond acceptors (Lipinski definition) is 11. The number of ether oxygens (including phenoxy) is 1. The van der Waals surface area contributed by atoms with Crippen molar-refractivity contribution in [2.75, 3.05) is 26.7 Å². The van der Waals surface area contributed by atoms with E-state index in [0.29, 0.717) is 36.8 Å². The van der Waals surface area contributed by atoms with Crippen LogP contribution in [0.4, 0.5) is 0 Å². The number of tetrazole rings is 1. The van der Waals surface area contributed by atoms with Crippen LogP contribution in [0.15, 0.2) is 29.6 Å². The van der Waals surface area contributed by atoms with Gasteiger partial charge in [-0.25, -0.2) is 4.98 Å². The van der Waals surface area contributed by atoms with Crippen LogP contribution in [0.1, 0.15) is 126 Å². The number of aromatic hydroxyl groups is 1. The molecule has 14 nitrogen and oxygen atoms in total. The Bertz CT molecular complexity index is 1570. The van der Waals surface area contributed by atoms with Crippen LogP contribution in [0.25, 0.3) is 0 Å². The number of H-pyrrole nitrogens is 1. The summed E-state index contributed by atoms with van der Waals surface area (Å²) in [6, 6.07) is 5.04. The van der Waals surface area contributed by atoms with Gasteiger partial charge in [0.25, 0.3) is 5.91 Å². The summed E-state index contributed by atoms with van der Waals surface area (Å²) >= 11 is 1.35. The predicted molar refractivity (Wildman–Crippen MR) is 204 cm³/mol. The van der Waals surface area contributed by atoms with Gasteiger partial charge in [0.05, 0.1) is 12.1 Å². The van der Waals surface area contributed by atoms with Gasteiger partial charge in [0, 0.05) is 37.4 Å². The lowest BCUT2D eigenvalue weighted by Crippen LogP contribution is -2.58. The minimum absolute atomic E-state index is 0.0509. The summed E-state index contributed by atoms with van der Waals surface area (Å²) in [6.07, 6.45) is 5.56. The number of aromatic amines is 1. The van der Waals surface area contributed by atoms with Gasteiger partial charge in [-0.3, -0.25) is 19.3 Å².